The largest absolute Gasteiger partial charge is 0.416 e. The Morgan fingerprint density at radius 3 is 2.40 bits per heavy atom. The van der Waals surface area contributed by atoms with E-state index in [4.69, 9.17) is 5.73 Å². The lowest BCUT2D eigenvalue weighted by molar-refractivity contribution is -0.137. The van der Waals surface area contributed by atoms with E-state index in [1.54, 1.807) is 0 Å². The third kappa shape index (κ3) is 3.05. The number of alkyl halides is 3. The Bertz CT molecular complexity index is 389. The zero-order chi connectivity index (χ0) is 11.6. The summed E-state index contributed by atoms with van der Waals surface area (Å²) in [5.74, 6) is -0.851. The van der Waals surface area contributed by atoms with Gasteiger partial charge in [0.2, 0.25) is 0 Å². The summed E-state index contributed by atoms with van der Waals surface area (Å²) in [6, 6.07) is 1.94. The Kier molecular flexibility index (Phi) is 3.13. The van der Waals surface area contributed by atoms with Gasteiger partial charge in [0.1, 0.15) is 5.82 Å². The minimum Gasteiger partial charge on any atom is -0.376 e. The number of nitrogens with two attached hydrogens (primary N) is 1. The zero-order valence-corrected chi connectivity index (χ0v) is 8.05. The van der Waals surface area contributed by atoms with Crippen LogP contribution >= 0.6 is 12.2 Å². The molecular weight excluding hydrogens is 232 g/mol. The molecule has 3 N–H and O–H groups in total. The second-order valence-corrected chi connectivity index (χ2v) is 3.12. The Morgan fingerprint density at radius 1 is 1.33 bits per heavy atom. The Balaban J connectivity index is 3.11. The second-order valence-electron chi connectivity index (χ2n) is 2.68. The zero-order valence-electron chi connectivity index (χ0n) is 7.23. The van der Waals surface area contributed by atoms with Gasteiger partial charge in [-0.1, -0.05) is 0 Å². The molecule has 0 aliphatic heterocycles. The molecule has 0 spiro atoms. The summed E-state index contributed by atoms with van der Waals surface area (Å²) < 4.78 is 49.6. The number of nitrogens with one attached hydrogen (secondary N) is 1. The van der Waals surface area contributed by atoms with Crippen molar-refractivity contribution in [1.29, 1.82) is 0 Å². The molecule has 0 atom stereocenters. The van der Waals surface area contributed by atoms with Crippen LogP contribution in [0.2, 0.25) is 0 Å². The average molecular weight is 238 g/mol. The van der Waals surface area contributed by atoms with Crippen LogP contribution in [0.1, 0.15) is 5.56 Å². The van der Waals surface area contributed by atoms with Gasteiger partial charge in [-0.3, -0.25) is 0 Å². The highest BCUT2D eigenvalue weighted by Gasteiger charge is 2.31. The standard InChI is InChI=1S/C8H6F4N2S/c9-5-2-1-4(8(10,11)12)3-6(5)14-7(13)15/h1-3H,(H3,13,14,15). The van der Waals surface area contributed by atoms with Crippen LogP contribution in [0.15, 0.2) is 18.2 Å². The highest BCUT2D eigenvalue weighted by Crippen LogP contribution is 2.31. The topological polar surface area (TPSA) is 38.0 Å². The van der Waals surface area contributed by atoms with Crippen LogP contribution in [0.5, 0.6) is 0 Å². The van der Waals surface area contributed by atoms with E-state index in [0.717, 1.165) is 0 Å². The SMILES string of the molecule is NC(=S)Nc1cc(C(F)(F)F)ccc1F. The minimum atomic E-state index is -4.53. The molecule has 0 aromatic heterocycles. The Morgan fingerprint density at radius 2 is 1.93 bits per heavy atom. The van der Waals surface area contributed by atoms with Crippen LogP contribution in [0, 0.1) is 5.82 Å². The van der Waals surface area contributed by atoms with Crippen molar-refractivity contribution in [2.45, 2.75) is 6.18 Å². The molecule has 0 amide bonds. The molecule has 0 saturated carbocycles. The van der Waals surface area contributed by atoms with Crippen molar-refractivity contribution in [3.05, 3.63) is 29.6 Å². The quantitative estimate of drug-likeness (QED) is 0.583. The highest BCUT2D eigenvalue weighted by molar-refractivity contribution is 7.80. The van der Waals surface area contributed by atoms with Crippen molar-refractivity contribution in [2.24, 2.45) is 5.73 Å². The molecule has 0 radical (unpaired) electrons. The van der Waals surface area contributed by atoms with Crippen molar-refractivity contribution >= 4 is 23.0 Å². The smallest absolute Gasteiger partial charge is 0.376 e. The molecule has 0 aliphatic carbocycles. The van der Waals surface area contributed by atoms with Gasteiger partial charge in [-0.15, -0.1) is 0 Å². The number of halogens is 4. The van der Waals surface area contributed by atoms with Crippen LogP contribution in [0.25, 0.3) is 0 Å². The maximum Gasteiger partial charge on any atom is 0.416 e. The molecule has 0 unspecified atom stereocenters. The van der Waals surface area contributed by atoms with E-state index in [9.17, 15) is 17.6 Å². The Labute approximate surface area is 88.1 Å². The predicted octanol–water partition coefficient (Wildman–Crippen LogP) is 2.50. The van der Waals surface area contributed by atoms with Crippen molar-refractivity contribution in [1.82, 2.24) is 0 Å². The predicted molar refractivity (Wildman–Crippen MR) is 51.8 cm³/mol. The molecule has 82 valence electrons. The first kappa shape index (κ1) is 11.7. The minimum absolute atomic E-state index is 0.298. The average Bonchev–Trinajstić information content (AvgIpc) is 2.06. The fourth-order valence-electron chi connectivity index (χ4n) is 0.930. The first-order valence-corrected chi connectivity index (χ1v) is 4.15. The van der Waals surface area contributed by atoms with Gasteiger partial charge in [0.05, 0.1) is 11.3 Å². The molecule has 0 saturated heterocycles. The van der Waals surface area contributed by atoms with E-state index in [-0.39, 0.29) is 5.11 Å². The molecule has 1 rings (SSSR count). The van der Waals surface area contributed by atoms with Crippen molar-refractivity contribution in [3.8, 4) is 0 Å². The van der Waals surface area contributed by atoms with Crippen LogP contribution < -0.4 is 11.1 Å². The second kappa shape index (κ2) is 4.01. The Hall–Kier alpha value is -1.37. The fourth-order valence-corrected chi connectivity index (χ4v) is 1.04. The monoisotopic (exact) mass is 238 g/mol. The van der Waals surface area contributed by atoms with E-state index >= 15 is 0 Å². The summed E-state index contributed by atoms with van der Waals surface area (Å²) in [6.07, 6.45) is -4.53. The molecule has 1 aromatic rings. The summed E-state index contributed by atoms with van der Waals surface area (Å²) in [7, 11) is 0. The van der Waals surface area contributed by atoms with E-state index < -0.39 is 23.2 Å². The molecule has 2 nitrogen and oxygen atoms in total. The molecule has 0 heterocycles. The number of thiocarbonyl (C=S) groups is 1. The van der Waals surface area contributed by atoms with Gasteiger partial charge in [0, 0.05) is 0 Å². The van der Waals surface area contributed by atoms with Crippen LogP contribution in [0.4, 0.5) is 23.2 Å². The molecule has 1 aromatic carbocycles. The maximum absolute atomic E-state index is 13.0. The number of anilines is 1. The van der Waals surface area contributed by atoms with Gasteiger partial charge < -0.3 is 11.1 Å². The summed E-state index contributed by atoms with van der Waals surface area (Å²) in [5, 5.41) is 1.82. The first-order chi connectivity index (χ1) is 6.80. The highest BCUT2D eigenvalue weighted by atomic mass is 32.1. The van der Waals surface area contributed by atoms with E-state index in [1.807, 2.05) is 0 Å². The van der Waals surface area contributed by atoms with Crippen LogP contribution in [-0.4, -0.2) is 5.11 Å². The van der Waals surface area contributed by atoms with E-state index in [2.05, 4.69) is 17.5 Å². The lowest BCUT2D eigenvalue weighted by atomic mass is 10.2. The van der Waals surface area contributed by atoms with E-state index in [0.29, 0.717) is 18.2 Å². The number of hydrogen-bond acceptors (Lipinski definition) is 1. The molecule has 0 fully saturated rings. The third-order valence-corrected chi connectivity index (χ3v) is 1.65. The van der Waals surface area contributed by atoms with E-state index in [1.165, 1.54) is 0 Å². The number of rotatable bonds is 1. The number of hydrogen-bond donors (Lipinski definition) is 2. The van der Waals surface area contributed by atoms with Crippen molar-refractivity contribution in [3.63, 3.8) is 0 Å². The van der Waals surface area contributed by atoms with Gasteiger partial charge in [-0.2, -0.15) is 13.2 Å². The molecular formula is C8H6F4N2S. The summed E-state index contributed by atoms with van der Waals surface area (Å²) in [4.78, 5) is 0. The summed E-state index contributed by atoms with van der Waals surface area (Å²) in [6.45, 7) is 0. The van der Waals surface area contributed by atoms with Gasteiger partial charge in [-0.05, 0) is 30.4 Å². The lowest BCUT2D eigenvalue weighted by Crippen LogP contribution is -2.20. The molecule has 0 bridgehead atoms. The first-order valence-electron chi connectivity index (χ1n) is 3.74. The van der Waals surface area contributed by atoms with Crippen LogP contribution in [0.3, 0.4) is 0 Å². The maximum atomic E-state index is 13.0. The van der Waals surface area contributed by atoms with Gasteiger partial charge in [-0.25, -0.2) is 4.39 Å². The van der Waals surface area contributed by atoms with Crippen LogP contribution in [-0.2, 0) is 6.18 Å². The summed E-state index contributed by atoms with van der Waals surface area (Å²) >= 11 is 4.39. The fraction of sp³-hybridized carbons (Fsp3) is 0.125. The normalized spacial score (nSPS) is 11.2. The third-order valence-electron chi connectivity index (χ3n) is 1.55. The molecule has 15 heavy (non-hydrogen) atoms. The van der Waals surface area contributed by atoms with Gasteiger partial charge in [0.15, 0.2) is 5.11 Å². The lowest BCUT2D eigenvalue weighted by Gasteiger charge is -2.10. The van der Waals surface area contributed by atoms with Crippen molar-refractivity contribution < 1.29 is 17.6 Å². The number of benzene rings is 1. The van der Waals surface area contributed by atoms with Gasteiger partial charge >= 0.3 is 6.18 Å². The molecule has 7 heteroatoms. The summed E-state index contributed by atoms with van der Waals surface area (Å²) in [5.41, 5.74) is 3.66. The molecule has 0 aliphatic rings. The van der Waals surface area contributed by atoms with Crippen molar-refractivity contribution in [2.75, 3.05) is 5.32 Å². The van der Waals surface area contributed by atoms with Gasteiger partial charge in [0.25, 0.3) is 0 Å².